The van der Waals surface area contributed by atoms with Crippen LogP contribution in [0.2, 0.25) is 0 Å². The van der Waals surface area contributed by atoms with E-state index >= 15 is 0 Å². The molecule has 0 saturated carbocycles. The highest BCUT2D eigenvalue weighted by Gasteiger charge is 2.06. The van der Waals surface area contributed by atoms with Crippen LogP contribution < -0.4 is 4.90 Å². The molecule has 0 radical (unpaired) electrons. The zero-order chi connectivity index (χ0) is 10.7. The lowest BCUT2D eigenvalue weighted by Crippen LogP contribution is -2.11. The highest BCUT2D eigenvalue weighted by atomic mass is 79.9. The molecule has 1 heterocycles. The van der Waals surface area contributed by atoms with E-state index in [1.807, 2.05) is 53.7 Å². The van der Waals surface area contributed by atoms with E-state index in [1.165, 1.54) is 0 Å². The quantitative estimate of drug-likeness (QED) is 0.774. The van der Waals surface area contributed by atoms with Crippen molar-refractivity contribution >= 4 is 21.6 Å². The van der Waals surface area contributed by atoms with E-state index in [4.69, 9.17) is 5.26 Å². The van der Waals surface area contributed by atoms with Crippen LogP contribution in [0.4, 0.5) is 5.69 Å². The lowest BCUT2D eigenvalue weighted by Gasteiger charge is -2.19. The fourth-order valence-corrected chi connectivity index (χ4v) is 1.62. The Kier molecular flexibility index (Phi) is 2.89. The molecule has 0 bridgehead atoms. The summed E-state index contributed by atoms with van der Waals surface area (Å²) in [7, 11) is 0. The van der Waals surface area contributed by atoms with Gasteiger partial charge in [0.2, 0.25) is 0 Å². The Labute approximate surface area is 97.3 Å². The van der Waals surface area contributed by atoms with Gasteiger partial charge in [0, 0.05) is 22.6 Å². The number of benzene rings is 1. The van der Waals surface area contributed by atoms with E-state index in [1.54, 1.807) is 0 Å². The summed E-state index contributed by atoms with van der Waals surface area (Å²) in [6, 6.07) is 10.2. The number of halogens is 1. The average Bonchev–Trinajstić information content (AvgIpc) is 2.30. The van der Waals surface area contributed by atoms with E-state index < -0.39 is 0 Å². The van der Waals surface area contributed by atoms with Crippen LogP contribution in [0.5, 0.6) is 0 Å². The molecule has 0 N–H and O–H groups in total. The average molecular weight is 261 g/mol. The predicted molar refractivity (Wildman–Crippen MR) is 64.0 cm³/mol. The van der Waals surface area contributed by atoms with Gasteiger partial charge in [-0.25, -0.2) is 0 Å². The normalized spacial score (nSPS) is 15.3. The fourth-order valence-electron chi connectivity index (χ4n) is 1.36. The smallest absolute Gasteiger partial charge is 0.0858 e. The van der Waals surface area contributed by atoms with E-state index in [0.29, 0.717) is 0 Å². The van der Waals surface area contributed by atoms with Gasteiger partial charge in [0.15, 0.2) is 0 Å². The minimum Gasteiger partial charge on any atom is -0.324 e. The number of hydrogen-bond donors (Lipinski definition) is 0. The van der Waals surface area contributed by atoms with Gasteiger partial charge in [0.1, 0.15) is 0 Å². The van der Waals surface area contributed by atoms with Crippen LogP contribution >= 0.6 is 15.9 Å². The van der Waals surface area contributed by atoms with Crippen molar-refractivity contribution < 1.29 is 0 Å². The van der Waals surface area contributed by atoms with Crippen LogP contribution in [0.1, 0.15) is 0 Å². The number of nitriles is 1. The standard InChI is InChI=1S/C12H9BrN2/c13-11-1-3-12(4-2-11)15-7-5-10(9-14)6-8-15/h1-8,10H. The second-order valence-electron chi connectivity index (χ2n) is 3.22. The zero-order valence-electron chi connectivity index (χ0n) is 7.97. The number of rotatable bonds is 1. The third-order valence-corrected chi connectivity index (χ3v) is 2.71. The Morgan fingerprint density at radius 1 is 1.13 bits per heavy atom. The van der Waals surface area contributed by atoms with Crippen molar-refractivity contribution in [3.05, 3.63) is 53.3 Å². The summed E-state index contributed by atoms with van der Waals surface area (Å²) in [6.45, 7) is 0. The van der Waals surface area contributed by atoms with Gasteiger partial charge in [0.25, 0.3) is 0 Å². The second kappa shape index (κ2) is 4.33. The molecule has 74 valence electrons. The summed E-state index contributed by atoms with van der Waals surface area (Å²) in [4.78, 5) is 1.99. The van der Waals surface area contributed by atoms with Gasteiger partial charge in [-0.3, -0.25) is 0 Å². The highest BCUT2D eigenvalue weighted by molar-refractivity contribution is 9.10. The Hall–Kier alpha value is -1.53. The van der Waals surface area contributed by atoms with E-state index in [2.05, 4.69) is 22.0 Å². The summed E-state index contributed by atoms with van der Waals surface area (Å²) in [6.07, 6.45) is 7.58. The lowest BCUT2D eigenvalue weighted by atomic mass is 10.1. The summed E-state index contributed by atoms with van der Waals surface area (Å²) < 4.78 is 1.06. The van der Waals surface area contributed by atoms with Crippen LogP contribution in [0.15, 0.2) is 53.3 Å². The van der Waals surface area contributed by atoms with Gasteiger partial charge in [0.05, 0.1) is 12.0 Å². The monoisotopic (exact) mass is 260 g/mol. The van der Waals surface area contributed by atoms with Crippen molar-refractivity contribution in [1.82, 2.24) is 0 Å². The van der Waals surface area contributed by atoms with E-state index in [9.17, 15) is 0 Å². The van der Waals surface area contributed by atoms with Crippen molar-refractivity contribution in [2.75, 3.05) is 4.90 Å². The predicted octanol–water partition coefficient (Wildman–Crippen LogP) is 3.44. The molecule has 1 aliphatic rings. The molecule has 0 saturated heterocycles. The second-order valence-corrected chi connectivity index (χ2v) is 4.14. The highest BCUT2D eigenvalue weighted by Crippen LogP contribution is 2.21. The molecule has 0 amide bonds. The molecular weight excluding hydrogens is 252 g/mol. The van der Waals surface area contributed by atoms with Crippen LogP contribution in [0.3, 0.4) is 0 Å². The Bertz CT molecular complexity index is 426. The third-order valence-electron chi connectivity index (χ3n) is 2.18. The molecule has 0 spiro atoms. The van der Waals surface area contributed by atoms with Crippen LogP contribution in [0, 0.1) is 17.2 Å². The molecule has 3 heteroatoms. The van der Waals surface area contributed by atoms with Crippen molar-refractivity contribution in [1.29, 1.82) is 5.26 Å². The van der Waals surface area contributed by atoms with Crippen molar-refractivity contribution in [3.63, 3.8) is 0 Å². The first-order chi connectivity index (χ1) is 7.29. The summed E-state index contributed by atoms with van der Waals surface area (Å²) in [5.41, 5.74) is 1.09. The molecule has 0 atom stereocenters. The summed E-state index contributed by atoms with van der Waals surface area (Å²) in [5.74, 6) is -0.100. The number of nitrogens with zero attached hydrogens (tertiary/aromatic N) is 2. The molecule has 2 nitrogen and oxygen atoms in total. The Balaban J connectivity index is 2.18. The molecule has 1 aromatic rings. The van der Waals surface area contributed by atoms with Crippen LogP contribution in [0.25, 0.3) is 0 Å². The number of allylic oxidation sites excluding steroid dienone is 2. The van der Waals surface area contributed by atoms with Crippen molar-refractivity contribution in [3.8, 4) is 6.07 Å². The minimum absolute atomic E-state index is 0.100. The molecule has 0 unspecified atom stereocenters. The Morgan fingerprint density at radius 2 is 1.73 bits per heavy atom. The number of anilines is 1. The number of hydrogen-bond acceptors (Lipinski definition) is 2. The van der Waals surface area contributed by atoms with Crippen molar-refractivity contribution in [2.45, 2.75) is 0 Å². The molecule has 0 aliphatic carbocycles. The van der Waals surface area contributed by atoms with Gasteiger partial charge in [-0.15, -0.1) is 0 Å². The molecule has 2 rings (SSSR count). The maximum Gasteiger partial charge on any atom is 0.0858 e. The first-order valence-corrected chi connectivity index (χ1v) is 5.39. The topological polar surface area (TPSA) is 27.0 Å². The largest absolute Gasteiger partial charge is 0.324 e. The van der Waals surface area contributed by atoms with Gasteiger partial charge in [-0.05, 0) is 36.4 Å². The summed E-state index contributed by atoms with van der Waals surface area (Å²) >= 11 is 3.39. The summed E-state index contributed by atoms with van der Waals surface area (Å²) in [5, 5.41) is 8.71. The van der Waals surface area contributed by atoms with E-state index in [-0.39, 0.29) is 5.92 Å². The molecule has 0 aromatic heterocycles. The van der Waals surface area contributed by atoms with Crippen LogP contribution in [-0.4, -0.2) is 0 Å². The van der Waals surface area contributed by atoms with Crippen LogP contribution in [-0.2, 0) is 0 Å². The molecular formula is C12H9BrN2. The molecule has 0 fully saturated rings. The first-order valence-electron chi connectivity index (χ1n) is 4.60. The third kappa shape index (κ3) is 2.28. The fraction of sp³-hybridized carbons (Fsp3) is 0.0833. The Morgan fingerprint density at radius 3 is 2.27 bits per heavy atom. The molecule has 15 heavy (non-hydrogen) atoms. The van der Waals surface area contributed by atoms with Gasteiger partial charge in [-0.1, -0.05) is 15.9 Å². The zero-order valence-corrected chi connectivity index (χ0v) is 9.55. The van der Waals surface area contributed by atoms with Crippen molar-refractivity contribution in [2.24, 2.45) is 5.92 Å². The molecule has 1 aromatic carbocycles. The maximum atomic E-state index is 8.71. The van der Waals surface area contributed by atoms with E-state index in [0.717, 1.165) is 10.2 Å². The SMILES string of the molecule is N#CC1C=CN(c2ccc(Br)cc2)C=C1. The van der Waals surface area contributed by atoms with Gasteiger partial charge >= 0.3 is 0 Å². The van der Waals surface area contributed by atoms with Gasteiger partial charge in [-0.2, -0.15) is 5.26 Å². The maximum absolute atomic E-state index is 8.71. The molecule has 1 aliphatic heterocycles. The lowest BCUT2D eigenvalue weighted by molar-refractivity contribution is 1.02. The first kappa shape index (κ1) is 10.0. The van der Waals surface area contributed by atoms with Gasteiger partial charge < -0.3 is 4.90 Å². The minimum atomic E-state index is -0.100.